The van der Waals surface area contributed by atoms with E-state index >= 15 is 0 Å². The number of ether oxygens (including phenoxy) is 1. The Balaban J connectivity index is 1.90. The van der Waals surface area contributed by atoms with Crippen LogP contribution in [0.3, 0.4) is 0 Å². The molecule has 138 valence electrons. The molecule has 0 N–H and O–H groups in total. The molecule has 1 aromatic carbocycles. The average Bonchev–Trinajstić information content (AvgIpc) is 3.00. The van der Waals surface area contributed by atoms with Gasteiger partial charge in [-0.05, 0) is 48.3 Å². The minimum absolute atomic E-state index is 0.0107. The molecule has 4 nitrogen and oxygen atoms in total. The van der Waals surface area contributed by atoms with Gasteiger partial charge in [-0.2, -0.15) is 5.26 Å². The van der Waals surface area contributed by atoms with Crippen LogP contribution in [0.4, 0.5) is 8.78 Å². The largest absolute Gasteiger partial charge is 0.462 e. The summed E-state index contributed by atoms with van der Waals surface area (Å²) in [5.74, 6) is -2.43. The second-order valence-corrected chi connectivity index (χ2v) is 6.20. The number of nitrogens with zero attached hydrogens (tertiary/aromatic N) is 2. The molecule has 0 fully saturated rings. The lowest BCUT2D eigenvalue weighted by Gasteiger charge is -2.27. The number of hydrogen-bond acceptors (Lipinski definition) is 4. The lowest BCUT2D eigenvalue weighted by molar-refractivity contribution is -0.138. The molecule has 0 bridgehead atoms. The second kappa shape index (κ2) is 8.00. The van der Waals surface area contributed by atoms with Crippen LogP contribution in [0.1, 0.15) is 18.9 Å². The van der Waals surface area contributed by atoms with Crippen LogP contribution in [0, 0.1) is 23.0 Å². The van der Waals surface area contributed by atoms with Crippen LogP contribution in [-0.4, -0.2) is 23.5 Å². The first-order valence-corrected chi connectivity index (χ1v) is 8.61. The van der Waals surface area contributed by atoms with Crippen molar-refractivity contribution >= 4 is 5.97 Å². The maximum absolute atomic E-state index is 13.5. The van der Waals surface area contributed by atoms with E-state index in [1.165, 1.54) is 12.1 Å². The number of esters is 1. The van der Waals surface area contributed by atoms with Gasteiger partial charge in [-0.1, -0.05) is 24.3 Å². The molecule has 2 aliphatic rings. The highest BCUT2D eigenvalue weighted by atomic mass is 19.2. The minimum Gasteiger partial charge on any atom is -0.462 e. The predicted molar refractivity (Wildman–Crippen MR) is 95.9 cm³/mol. The zero-order valence-electron chi connectivity index (χ0n) is 14.8. The van der Waals surface area contributed by atoms with E-state index in [9.17, 15) is 18.8 Å². The summed E-state index contributed by atoms with van der Waals surface area (Å²) in [5.41, 5.74) is 2.26. The second-order valence-electron chi connectivity index (χ2n) is 6.20. The van der Waals surface area contributed by atoms with Gasteiger partial charge in [-0.25, -0.2) is 13.6 Å². The van der Waals surface area contributed by atoms with E-state index < -0.39 is 17.6 Å². The lowest BCUT2D eigenvalue weighted by atomic mass is 9.94. The van der Waals surface area contributed by atoms with Gasteiger partial charge in [0.1, 0.15) is 11.6 Å². The molecular formula is C21H18F2N2O2. The molecule has 1 unspecified atom stereocenters. The van der Waals surface area contributed by atoms with Crippen molar-refractivity contribution in [2.45, 2.75) is 25.9 Å². The predicted octanol–water partition coefficient (Wildman–Crippen LogP) is 3.93. The number of allylic oxidation sites excluding steroid dienone is 3. The standard InChI is InChI=1S/C21H18F2N2O2/c1-2-27-21(26)15(11-24)10-16-13-25(20-6-4-3-5-17(16)20)12-14-7-8-18(22)19(23)9-14/h3-5,7-10,13,20H,2,6,12H2,1H3/b15-10+. The van der Waals surface area contributed by atoms with Gasteiger partial charge in [0.05, 0.1) is 12.6 Å². The van der Waals surface area contributed by atoms with E-state index in [1.54, 1.807) is 13.0 Å². The highest BCUT2D eigenvalue weighted by Crippen LogP contribution is 2.35. The van der Waals surface area contributed by atoms with Crippen molar-refractivity contribution in [2.75, 3.05) is 6.61 Å². The maximum atomic E-state index is 13.5. The van der Waals surface area contributed by atoms with Crippen molar-refractivity contribution in [3.8, 4) is 6.07 Å². The Hall–Kier alpha value is -3.20. The average molecular weight is 368 g/mol. The van der Waals surface area contributed by atoms with E-state index in [0.29, 0.717) is 12.1 Å². The Labute approximate surface area is 156 Å². The molecular weight excluding hydrogens is 350 g/mol. The van der Waals surface area contributed by atoms with Gasteiger partial charge in [-0.15, -0.1) is 0 Å². The van der Waals surface area contributed by atoms with E-state index in [4.69, 9.17) is 4.74 Å². The number of carbonyl (C=O) groups is 1. The summed E-state index contributed by atoms with van der Waals surface area (Å²) < 4.78 is 31.6. The highest BCUT2D eigenvalue weighted by molar-refractivity contribution is 5.93. The smallest absolute Gasteiger partial charge is 0.348 e. The van der Waals surface area contributed by atoms with Gasteiger partial charge in [0.15, 0.2) is 11.6 Å². The number of carbonyl (C=O) groups excluding carboxylic acids is 1. The molecule has 1 aliphatic heterocycles. The maximum Gasteiger partial charge on any atom is 0.348 e. The van der Waals surface area contributed by atoms with Gasteiger partial charge in [0.25, 0.3) is 0 Å². The number of rotatable bonds is 5. The fraction of sp³-hybridized carbons (Fsp3) is 0.238. The number of fused-ring (bicyclic) bond motifs is 1. The Morgan fingerprint density at radius 1 is 1.41 bits per heavy atom. The third-order valence-electron chi connectivity index (χ3n) is 4.43. The van der Waals surface area contributed by atoms with Crippen LogP contribution in [0.5, 0.6) is 0 Å². The van der Waals surface area contributed by atoms with E-state index in [1.807, 2.05) is 35.4 Å². The van der Waals surface area contributed by atoms with Crippen molar-refractivity contribution in [1.29, 1.82) is 5.26 Å². The molecule has 1 atom stereocenters. The van der Waals surface area contributed by atoms with E-state index in [2.05, 4.69) is 0 Å². The topological polar surface area (TPSA) is 53.3 Å². The molecule has 0 radical (unpaired) electrons. The van der Waals surface area contributed by atoms with Crippen molar-refractivity contribution in [3.05, 3.63) is 82.6 Å². The minimum atomic E-state index is -0.885. The summed E-state index contributed by atoms with van der Waals surface area (Å²) in [7, 11) is 0. The Bertz CT molecular complexity index is 923. The molecule has 0 spiro atoms. The van der Waals surface area contributed by atoms with Crippen molar-refractivity contribution in [1.82, 2.24) is 4.90 Å². The van der Waals surface area contributed by atoms with Crippen molar-refractivity contribution in [2.24, 2.45) is 0 Å². The molecule has 0 saturated heterocycles. The van der Waals surface area contributed by atoms with Crippen LogP contribution in [0.2, 0.25) is 0 Å². The van der Waals surface area contributed by atoms with E-state index in [0.717, 1.165) is 23.6 Å². The number of hydrogen-bond donors (Lipinski definition) is 0. The molecule has 6 heteroatoms. The van der Waals surface area contributed by atoms with Crippen molar-refractivity contribution in [3.63, 3.8) is 0 Å². The summed E-state index contributed by atoms with van der Waals surface area (Å²) in [6, 6.07) is 5.72. The molecule has 3 rings (SSSR count). The first-order valence-electron chi connectivity index (χ1n) is 8.61. The summed E-state index contributed by atoms with van der Waals surface area (Å²) in [4.78, 5) is 13.9. The van der Waals surface area contributed by atoms with Gasteiger partial charge < -0.3 is 9.64 Å². The first kappa shape index (κ1) is 18.6. The fourth-order valence-corrected chi connectivity index (χ4v) is 3.19. The van der Waals surface area contributed by atoms with Crippen LogP contribution < -0.4 is 0 Å². The summed E-state index contributed by atoms with van der Waals surface area (Å²) in [6.45, 7) is 2.24. The summed E-state index contributed by atoms with van der Waals surface area (Å²) >= 11 is 0. The lowest BCUT2D eigenvalue weighted by Crippen LogP contribution is -2.28. The van der Waals surface area contributed by atoms with Gasteiger partial charge in [0.2, 0.25) is 0 Å². The first-order chi connectivity index (χ1) is 13.0. The summed E-state index contributed by atoms with van der Waals surface area (Å²) in [5, 5.41) is 9.27. The third kappa shape index (κ3) is 3.98. The van der Waals surface area contributed by atoms with Crippen LogP contribution in [0.25, 0.3) is 0 Å². The molecule has 0 saturated carbocycles. The summed E-state index contributed by atoms with van der Waals surface area (Å²) in [6.07, 6.45) is 9.96. The molecule has 0 amide bonds. The monoisotopic (exact) mass is 368 g/mol. The molecule has 1 aliphatic carbocycles. The quantitative estimate of drug-likeness (QED) is 0.449. The Morgan fingerprint density at radius 2 is 2.22 bits per heavy atom. The normalized spacial score (nSPS) is 18.5. The van der Waals surface area contributed by atoms with Gasteiger partial charge >= 0.3 is 5.97 Å². The van der Waals surface area contributed by atoms with Gasteiger partial charge in [0, 0.05) is 12.7 Å². The van der Waals surface area contributed by atoms with Crippen LogP contribution in [-0.2, 0) is 16.1 Å². The van der Waals surface area contributed by atoms with Crippen molar-refractivity contribution < 1.29 is 18.3 Å². The number of benzene rings is 1. The molecule has 0 aromatic heterocycles. The van der Waals surface area contributed by atoms with Crippen LogP contribution in [0.15, 0.2) is 65.4 Å². The fourth-order valence-electron chi connectivity index (χ4n) is 3.19. The number of halogens is 2. The Morgan fingerprint density at radius 3 is 2.93 bits per heavy atom. The van der Waals surface area contributed by atoms with Crippen LogP contribution >= 0.6 is 0 Å². The molecule has 1 heterocycles. The van der Waals surface area contributed by atoms with Gasteiger partial charge in [-0.3, -0.25) is 0 Å². The van der Waals surface area contributed by atoms with E-state index in [-0.39, 0.29) is 18.2 Å². The highest BCUT2D eigenvalue weighted by Gasteiger charge is 2.30. The Kier molecular flexibility index (Phi) is 5.51. The molecule has 1 aromatic rings. The number of nitriles is 1. The SMILES string of the molecule is CCOC(=O)/C(C#N)=C/C1=CN(Cc2ccc(F)c(F)c2)C2CC=CC=C12. The molecule has 27 heavy (non-hydrogen) atoms. The zero-order chi connectivity index (χ0) is 19.4. The third-order valence-corrected chi connectivity index (χ3v) is 4.43. The zero-order valence-corrected chi connectivity index (χ0v) is 14.8.